The first kappa shape index (κ1) is 22.5. The van der Waals surface area contributed by atoms with Gasteiger partial charge in [0.25, 0.3) is 11.6 Å². The van der Waals surface area contributed by atoms with Crippen LogP contribution < -0.4 is 24.8 Å². The maximum atomic E-state index is 12.4. The van der Waals surface area contributed by atoms with Gasteiger partial charge in [-0.25, -0.2) is 0 Å². The summed E-state index contributed by atoms with van der Waals surface area (Å²) < 4.78 is 15.8. The molecule has 30 heavy (non-hydrogen) atoms. The summed E-state index contributed by atoms with van der Waals surface area (Å²) in [6.45, 7) is 1.67. The second kappa shape index (κ2) is 10.1. The zero-order chi connectivity index (χ0) is 22.3. The number of benzene rings is 2. The van der Waals surface area contributed by atoms with Gasteiger partial charge in [0.15, 0.2) is 11.5 Å². The van der Waals surface area contributed by atoms with Gasteiger partial charge in [0.2, 0.25) is 11.7 Å². The predicted molar refractivity (Wildman–Crippen MR) is 108 cm³/mol. The zero-order valence-electron chi connectivity index (χ0n) is 17.1. The molecule has 2 N–H and O–H groups in total. The smallest absolute Gasteiger partial charge is 0.270 e. The fraction of sp³-hybridized carbons (Fsp3) is 0.300. The van der Waals surface area contributed by atoms with Crippen LogP contribution >= 0.6 is 0 Å². The van der Waals surface area contributed by atoms with Crippen molar-refractivity contribution in [3.05, 3.63) is 57.6 Å². The third-order valence-electron chi connectivity index (χ3n) is 4.25. The molecule has 160 valence electrons. The van der Waals surface area contributed by atoms with Crippen molar-refractivity contribution in [3.63, 3.8) is 0 Å². The molecule has 0 fully saturated rings. The van der Waals surface area contributed by atoms with E-state index in [9.17, 15) is 19.7 Å². The second-order valence-electron chi connectivity index (χ2n) is 6.25. The van der Waals surface area contributed by atoms with Crippen molar-refractivity contribution in [1.29, 1.82) is 0 Å². The van der Waals surface area contributed by atoms with Gasteiger partial charge in [-0.05, 0) is 30.7 Å². The van der Waals surface area contributed by atoms with Crippen LogP contribution in [0.1, 0.15) is 22.8 Å². The summed E-state index contributed by atoms with van der Waals surface area (Å²) in [6.07, 6.45) is 0. The minimum Gasteiger partial charge on any atom is -0.493 e. The zero-order valence-corrected chi connectivity index (χ0v) is 17.1. The first-order valence-electron chi connectivity index (χ1n) is 8.92. The molecule has 10 heteroatoms. The molecule has 2 amide bonds. The first-order chi connectivity index (χ1) is 14.3. The van der Waals surface area contributed by atoms with E-state index in [1.807, 2.05) is 0 Å². The molecular weight excluding hydrogens is 394 g/mol. The van der Waals surface area contributed by atoms with Gasteiger partial charge in [-0.1, -0.05) is 6.07 Å². The molecule has 2 rings (SSSR count). The molecule has 0 saturated carbocycles. The number of hydrogen-bond acceptors (Lipinski definition) is 7. The Morgan fingerprint density at radius 2 is 1.70 bits per heavy atom. The number of nitro benzene ring substituents is 1. The number of hydrogen-bond donors (Lipinski definition) is 2. The van der Waals surface area contributed by atoms with Crippen LogP contribution in [0.15, 0.2) is 36.4 Å². The monoisotopic (exact) mass is 417 g/mol. The van der Waals surface area contributed by atoms with Crippen LogP contribution in [0, 0.1) is 10.1 Å². The Morgan fingerprint density at radius 1 is 1.07 bits per heavy atom. The van der Waals surface area contributed by atoms with E-state index < -0.39 is 22.8 Å². The Hall–Kier alpha value is -3.82. The van der Waals surface area contributed by atoms with Crippen molar-refractivity contribution >= 4 is 17.5 Å². The molecule has 0 aliphatic rings. The third kappa shape index (κ3) is 5.37. The summed E-state index contributed by atoms with van der Waals surface area (Å²) in [7, 11) is 4.48. The van der Waals surface area contributed by atoms with Crippen LogP contribution in [0.5, 0.6) is 17.2 Å². The van der Waals surface area contributed by atoms with E-state index >= 15 is 0 Å². The van der Waals surface area contributed by atoms with Gasteiger partial charge in [0, 0.05) is 24.2 Å². The number of non-ortho nitro benzene ring substituents is 1. The Kier molecular flexibility index (Phi) is 7.56. The summed E-state index contributed by atoms with van der Waals surface area (Å²) >= 11 is 0. The standard InChI is InChI=1S/C20H23N3O7/c1-12(22-20(25)14-6-5-7-15(10-14)23(26)27)19(24)21-11-13-8-16(28-2)18(30-4)17(9-13)29-3/h5-10,12H,11H2,1-4H3,(H,21,24)(H,22,25)/t12-/m0/s1. The third-order valence-corrected chi connectivity index (χ3v) is 4.25. The molecule has 0 aromatic heterocycles. The minimum atomic E-state index is -0.862. The highest BCUT2D eigenvalue weighted by atomic mass is 16.6. The molecule has 0 unspecified atom stereocenters. The molecule has 0 spiro atoms. The molecule has 2 aromatic carbocycles. The Labute approximate surface area is 173 Å². The first-order valence-corrected chi connectivity index (χ1v) is 8.92. The average molecular weight is 417 g/mol. The van der Waals surface area contributed by atoms with Crippen molar-refractivity contribution < 1.29 is 28.7 Å². The number of nitro groups is 1. The Bertz CT molecular complexity index is 921. The molecule has 0 aliphatic heterocycles. The predicted octanol–water partition coefficient (Wildman–Crippen LogP) is 2.06. The van der Waals surface area contributed by atoms with Crippen LogP contribution in [0.4, 0.5) is 5.69 Å². The number of nitrogens with zero attached hydrogens (tertiary/aromatic N) is 1. The van der Waals surface area contributed by atoms with E-state index in [1.165, 1.54) is 46.5 Å². The maximum absolute atomic E-state index is 12.4. The molecule has 10 nitrogen and oxygen atoms in total. The van der Waals surface area contributed by atoms with Crippen LogP contribution in [-0.2, 0) is 11.3 Å². The molecule has 0 bridgehead atoms. The summed E-state index contributed by atoms with van der Waals surface area (Å²) in [5.41, 5.74) is 0.589. The molecule has 0 saturated heterocycles. The van der Waals surface area contributed by atoms with Gasteiger partial charge in [0.05, 0.1) is 26.3 Å². The number of nitrogens with one attached hydrogen (secondary N) is 2. The molecule has 2 aromatic rings. The molecule has 0 radical (unpaired) electrons. The van der Waals surface area contributed by atoms with Gasteiger partial charge in [-0.15, -0.1) is 0 Å². The number of amides is 2. The summed E-state index contributed by atoms with van der Waals surface area (Å²) in [5.74, 6) is 0.325. The molecule has 1 atom stereocenters. The van der Waals surface area contributed by atoms with Gasteiger partial charge in [-0.2, -0.15) is 0 Å². The maximum Gasteiger partial charge on any atom is 0.270 e. The van der Waals surface area contributed by atoms with Crippen LogP contribution in [-0.4, -0.2) is 44.1 Å². The fourth-order valence-electron chi connectivity index (χ4n) is 2.69. The number of ether oxygens (including phenoxy) is 3. The van der Waals surface area contributed by atoms with E-state index in [4.69, 9.17) is 14.2 Å². The fourth-order valence-corrected chi connectivity index (χ4v) is 2.69. The highest BCUT2D eigenvalue weighted by Crippen LogP contribution is 2.38. The number of carbonyl (C=O) groups excluding carboxylic acids is 2. The number of methoxy groups -OCH3 is 3. The number of carbonyl (C=O) groups is 2. The Balaban J connectivity index is 2.02. The second-order valence-corrected chi connectivity index (χ2v) is 6.25. The van der Waals surface area contributed by atoms with Crippen molar-refractivity contribution in [2.75, 3.05) is 21.3 Å². The Morgan fingerprint density at radius 3 is 2.23 bits per heavy atom. The van der Waals surface area contributed by atoms with Gasteiger partial charge < -0.3 is 24.8 Å². The largest absolute Gasteiger partial charge is 0.493 e. The number of rotatable bonds is 9. The highest BCUT2D eigenvalue weighted by molar-refractivity contribution is 5.97. The SMILES string of the molecule is COc1cc(CNC(=O)[C@H](C)NC(=O)c2cccc([N+](=O)[O-])c2)cc(OC)c1OC. The van der Waals surface area contributed by atoms with E-state index in [-0.39, 0.29) is 17.8 Å². The molecule has 0 heterocycles. The van der Waals surface area contributed by atoms with Crippen LogP contribution in [0.25, 0.3) is 0 Å². The highest BCUT2D eigenvalue weighted by Gasteiger charge is 2.19. The van der Waals surface area contributed by atoms with E-state index in [0.717, 1.165) is 6.07 Å². The summed E-state index contributed by atoms with van der Waals surface area (Å²) in [6, 6.07) is 7.81. The van der Waals surface area contributed by atoms with Gasteiger partial charge in [0.1, 0.15) is 6.04 Å². The van der Waals surface area contributed by atoms with Gasteiger partial charge >= 0.3 is 0 Å². The lowest BCUT2D eigenvalue weighted by atomic mass is 10.1. The van der Waals surface area contributed by atoms with Crippen molar-refractivity contribution in [3.8, 4) is 17.2 Å². The molecule has 0 aliphatic carbocycles. The summed E-state index contributed by atoms with van der Waals surface area (Å²) in [4.78, 5) is 34.9. The van der Waals surface area contributed by atoms with Crippen molar-refractivity contribution in [1.82, 2.24) is 10.6 Å². The topological polar surface area (TPSA) is 129 Å². The lowest BCUT2D eigenvalue weighted by Gasteiger charge is -2.16. The van der Waals surface area contributed by atoms with Crippen LogP contribution in [0.2, 0.25) is 0 Å². The van der Waals surface area contributed by atoms with Gasteiger partial charge in [-0.3, -0.25) is 19.7 Å². The lowest BCUT2D eigenvalue weighted by molar-refractivity contribution is -0.384. The van der Waals surface area contributed by atoms with Crippen molar-refractivity contribution in [2.24, 2.45) is 0 Å². The van der Waals surface area contributed by atoms with Crippen LogP contribution in [0.3, 0.4) is 0 Å². The normalized spacial score (nSPS) is 11.2. The summed E-state index contributed by atoms with van der Waals surface area (Å²) in [5, 5.41) is 16.1. The molecular formula is C20H23N3O7. The lowest BCUT2D eigenvalue weighted by Crippen LogP contribution is -2.44. The van der Waals surface area contributed by atoms with Crippen molar-refractivity contribution in [2.45, 2.75) is 19.5 Å². The van der Waals surface area contributed by atoms with E-state index in [2.05, 4.69) is 10.6 Å². The average Bonchev–Trinajstić information content (AvgIpc) is 2.76. The van der Waals surface area contributed by atoms with E-state index in [1.54, 1.807) is 12.1 Å². The minimum absolute atomic E-state index is 0.0912. The quantitative estimate of drug-likeness (QED) is 0.472. The van der Waals surface area contributed by atoms with E-state index in [0.29, 0.717) is 22.8 Å².